The van der Waals surface area contributed by atoms with Gasteiger partial charge in [0.15, 0.2) is 0 Å². The summed E-state index contributed by atoms with van der Waals surface area (Å²) in [7, 11) is -10.5. The van der Waals surface area contributed by atoms with Crippen LogP contribution in [0.4, 0.5) is 17.6 Å². The quantitative estimate of drug-likeness (QED) is 0.310. The summed E-state index contributed by atoms with van der Waals surface area (Å²) in [4.78, 5) is 0. The van der Waals surface area contributed by atoms with E-state index in [2.05, 4.69) is 0 Å². The SMILES string of the molecule is CC(C)C(F)(F)S(=O)(=O)O.CC(C)C(F)(F)S(=O)(=O)O.CC(O)O. The van der Waals surface area contributed by atoms with Crippen molar-refractivity contribution in [2.45, 2.75) is 51.4 Å². The topological polar surface area (TPSA) is 149 Å². The monoisotopic (exact) mass is 410 g/mol. The maximum Gasteiger partial charge on any atom is 0.372 e. The van der Waals surface area contributed by atoms with Crippen LogP contribution in [0.15, 0.2) is 0 Å². The Balaban J connectivity index is -0.000000301. The first-order valence-electron chi connectivity index (χ1n) is 6.18. The van der Waals surface area contributed by atoms with Crippen LogP contribution in [0, 0.1) is 11.8 Å². The van der Waals surface area contributed by atoms with Gasteiger partial charge in [0.25, 0.3) is 0 Å². The van der Waals surface area contributed by atoms with Gasteiger partial charge in [0, 0.05) is 11.8 Å². The third-order valence-corrected chi connectivity index (χ3v) is 4.35. The van der Waals surface area contributed by atoms with Crippen LogP contribution in [0.3, 0.4) is 0 Å². The van der Waals surface area contributed by atoms with Gasteiger partial charge in [-0.05, 0) is 6.92 Å². The summed E-state index contributed by atoms with van der Waals surface area (Å²) < 4.78 is 104. The maximum atomic E-state index is 12.2. The van der Waals surface area contributed by atoms with Crippen LogP contribution < -0.4 is 0 Å². The predicted molar refractivity (Wildman–Crippen MR) is 76.6 cm³/mol. The zero-order valence-corrected chi connectivity index (χ0v) is 15.1. The highest BCUT2D eigenvalue weighted by molar-refractivity contribution is 7.87. The highest BCUT2D eigenvalue weighted by atomic mass is 32.2. The minimum absolute atomic E-state index is 1.01. The van der Waals surface area contributed by atoms with Crippen LogP contribution in [0.2, 0.25) is 0 Å². The highest BCUT2D eigenvalue weighted by Gasteiger charge is 2.47. The molecule has 0 aliphatic carbocycles. The lowest BCUT2D eigenvalue weighted by Gasteiger charge is -2.15. The summed E-state index contributed by atoms with van der Waals surface area (Å²) >= 11 is 0. The van der Waals surface area contributed by atoms with E-state index >= 15 is 0 Å². The summed E-state index contributed by atoms with van der Waals surface area (Å²) in [6.07, 6.45) is -1.17. The Morgan fingerprint density at radius 1 is 0.667 bits per heavy atom. The molecule has 0 fully saturated rings. The molecule has 0 bridgehead atoms. The predicted octanol–water partition coefficient (Wildman–Crippen LogP) is 1.56. The summed E-state index contributed by atoms with van der Waals surface area (Å²) in [5, 5.41) is 7.15. The first-order valence-corrected chi connectivity index (χ1v) is 9.06. The first-order chi connectivity index (χ1) is 10.1. The van der Waals surface area contributed by atoms with Gasteiger partial charge in [0.1, 0.15) is 6.29 Å². The Hall–Kier alpha value is -0.540. The maximum absolute atomic E-state index is 12.2. The van der Waals surface area contributed by atoms with Gasteiger partial charge in [-0.15, -0.1) is 0 Å². The number of aliphatic hydroxyl groups excluding tert-OH is 1. The molecule has 24 heavy (non-hydrogen) atoms. The Bertz CT molecular complexity index is 505. The van der Waals surface area contributed by atoms with Gasteiger partial charge in [-0.2, -0.15) is 34.4 Å². The molecule has 0 aromatic carbocycles. The van der Waals surface area contributed by atoms with Crippen molar-refractivity contribution in [1.82, 2.24) is 0 Å². The average molecular weight is 410 g/mol. The van der Waals surface area contributed by atoms with Crippen LogP contribution in [-0.4, -0.2) is 53.0 Å². The average Bonchev–Trinajstić information content (AvgIpc) is 2.25. The Morgan fingerprint density at radius 3 is 0.792 bits per heavy atom. The van der Waals surface area contributed by atoms with Crippen molar-refractivity contribution in [1.29, 1.82) is 0 Å². The molecule has 0 atom stereocenters. The van der Waals surface area contributed by atoms with Crippen molar-refractivity contribution in [2.75, 3.05) is 0 Å². The number of rotatable bonds is 4. The second-order valence-corrected chi connectivity index (χ2v) is 8.00. The molecule has 0 amide bonds. The van der Waals surface area contributed by atoms with Crippen molar-refractivity contribution < 1.29 is 53.7 Å². The standard InChI is InChI=1S/2C4H8F2O3S.C2H6O2/c2*1-3(2)4(5,6)10(7,8)9;1-2(3)4/h2*3H,1-2H3,(H,7,8,9);2-4H,1H3. The van der Waals surface area contributed by atoms with Gasteiger partial charge < -0.3 is 10.2 Å². The summed E-state index contributed by atoms with van der Waals surface area (Å²) in [6, 6.07) is 0. The van der Waals surface area contributed by atoms with Crippen molar-refractivity contribution >= 4 is 20.2 Å². The van der Waals surface area contributed by atoms with Crippen LogP contribution in [0.5, 0.6) is 0 Å². The first kappa shape index (κ1) is 28.3. The molecule has 14 heteroatoms. The second-order valence-electron chi connectivity index (χ2n) is 5.02. The lowest BCUT2D eigenvalue weighted by molar-refractivity contribution is -0.0228. The van der Waals surface area contributed by atoms with E-state index in [9.17, 15) is 34.4 Å². The van der Waals surface area contributed by atoms with Gasteiger partial charge in [-0.1, -0.05) is 27.7 Å². The van der Waals surface area contributed by atoms with Crippen LogP contribution in [0.25, 0.3) is 0 Å². The molecule has 0 aromatic rings. The van der Waals surface area contributed by atoms with Gasteiger partial charge in [0.05, 0.1) is 0 Å². The van der Waals surface area contributed by atoms with E-state index in [1.165, 1.54) is 6.92 Å². The fourth-order valence-corrected chi connectivity index (χ4v) is 1.79. The van der Waals surface area contributed by atoms with Gasteiger partial charge in [-0.3, -0.25) is 9.11 Å². The second kappa shape index (κ2) is 9.82. The number of hydrogen-bond donors (Lipinski definition) is 4. The molecule has 0 aliphatic rings. The third-order valence-electron chi connectivity index (χ3n) is 2.03. The smallest absolute Gasteiger partial charge is 0.368 e. The molecule has 0 radical (unpaired) electrons. The van der Waals surface area contributed by atoms with E-state index in [0.29, 0.717) is 0 Å². The van der Waals surface area contributed by atoms with Crippen LogP contribution in [0.1, 0.15) is 34.6 Å². The molecular formula is C10H22F4O8S2. The van der Waals surface area contributed by atoms with Gasteiger partial charge in [-0.25, -0.2) is 0 Å². The van der Waals surface area contributed by atoms with E-state index in [1.54, 1.807) is 0 Å². The molecule has 150 valence electrons. The van der Waals surface area contributed by atoms with Crippen molar-refractivity contribution in [3.8, 4) is 0 Å². The summed E-state index contributed by atoms with van der Waals surface area (Å²) in [5.41, 5.74) is 0. The largest absolute Gasteiger partial charge is 0.372 e. The normalized spacial score (nSPS) is 13.3. The van der Waals surface area contributed by atoms with Gasteiger partial charge in [0.2, 0.25) is 0 Å². The molecule has 0 unspecified atom stereocenters. The minimum atomic E-state index is -5.23. The van der Waals surface area contributed by atoms with E-state index in [1.807, 2.05) is 0 Å². The fourth-order valence-electron chi connectivity index (χ4n) is 0.596. The summed E-state index contributed by atoms with van der Waals surface area (Å²) in [5.74, 6) is -2.83. The molecule has 8 nitrogen and oxygen atoms in total. The Morgan fingerprint density at radius 2 is 0.792 bits per heavy atom. The Labute approximate surface area is 138 Å². The van der Waals surface area contributed by atoms with Crippen LogP contribution >= 0.6 is 0 Å². The third kappa shape index (κ3) is 10.4. The zero-order valence-electron chi connectivity index (χ0n) is 13.5. The molecule has 0 saturated heterocycles. The lowest BCUT2D eigenvalue weighted by atomic mass is 10.2. The molecule has 4 N–H and O–H groups in total. The van der Waals surface area contributed by atoms with E-state index < -0.39 is 48.9 Å². The molecule has 0 spiro atoms. The molecule has 0 saturated carbocycles. The Kier molecular flexibility index (Phi) is 11.6. The minimum Gasteiger partial charge on any atom is -0.368 e. The molecule has 0 heterocycles. The number of halogens is 4. The number of aliphatic hydroxyl groups is 2. The fraction of sp³-hybridized carbons (Fsp3) is 1.00. The van der Waals surface area contributed by atoms with Crippen molar-refractivity contribution in [2.24, 2.45) is 11.8 Å². The highest BCUT2D eigenvalue weighted by Crippen LogP contribution is 2.29. The van der Waals surface area contributed by atoms with Crippen molar-refractivity contribution in [3.05, 3.63) is 0 Å². The zero-order chi connectivity index (χ0) is 20.7. The van der Waals surface area contributed by atoms with E-state index in [0.717, 1.165) is 27.7 Å². The lowest BCUT2D eigenvalue weighted by Crippen LogP contribution is -2.33. The molecular weight excluding hydrogens is 388 g/mol. The van der Waals surface area contributed by atoms with E-state index in [-0.39, 0.29) is 0 Å². The number of hydrogen-bond acceptors (Lipinski definition) is 6. The van der Waals surface area contributed by atoms with Crippen LogP contribution in [-0.2, 0) is 20.2 Å². The van der Waals surface area contributed by atoms with Gasteiger partial charge >= 0.3 is 30.7 Å². The molecule has 0 aliphatic heterocycles. The molecule has 0 aromatic heterocycles. The molecule has 0 rings (SSSR count). The number of alkyl halides is 4. The summed E-state index contributed by atoms with van der Waals surface area (Å²) in [6.45, 7) is 5.31. The van der Waals surface area contributed by atoms with Crippen molar-refractivity contribution in [3.63, 3.8) is 0 Å². The van der Waals surface area contributed by atoms with E-state index in [4.69, 9.17) is 19.3 Å².